The van der Waals surface area contributed by atoms with Crippen LogP contribution in [0.4, 0.5) is 0 Å². The van der Waals surface area contributed by atoms with E-state index in [1.54, 1.807) is 12.1 Å². The van der Waals surface area contributed by atoms with Gasteiger partial charge in [-0.05, 0) is 47.9 Å². The Hall–Kier alpha value is -2.15. The number of hydrogen-bond acceptors (Lipinski definition) is 3. The number of carbonyl (C=O) groups is 1. The van der Waals surface area contributed by atoms with Crippen LogP contribution in [0.5, 0.6) is 0 Å². The maximum atomic E-state index is 12.1. The molecular weight excluding hydrogens is 350 g/mol. The summed E-state index contributed by atoms with van der Waals surface area (Å²) >= 11 is 5.75. The summed E-state index contributed by atoms with van der Waals surface area (Å²) in [6, 6.07) is 13.2. The molecule has 126 valence electrons. The van der Waals surface area contributed by atoms with Gasteiger partial charge in [-0.25, -0.2) is 17.9 Å². The van der Waals surface area contributed by atoms with Crippen LogP contribution in [0.2, 0.25) is 5.02 Å². The fourth-order valence-corrected chi connectivity index (χ4v) is 3.15. The van der Waals surface area contributed by atoms with E-state index >= 15 is 0 Å². The number of nitrogens with one attached hydrogen (secondary N) is 1. The summed E-state index contributed by atoms with van der Waals surface area (Å²) in [5.74, 6) is -1.00. The lowest BCUT2D eigenvalue weighted by molar-refractivity contribution is -0.131. The smallest absolute Gasteiger partial charge is 0.328 e. The van der Waals surface area contributed by atoms with E-state index in [1.807, 2.05) is 12.1 Å². The van der Waals surface area contributed by atoms with Crippen LogP contribution in [-0.4, -0.2) is 26.0 Å². The van der Waals surface area contributed by atoms with Crippen LogP contribution >= 0.6 is 11.6 Å². The van der Waals surface area contributed by atoms with Crippen LogP contribution in [-0.2, 0) is 21.2 Å². The van der Waals surface area contributed by atoms with Crippen LogP contribution in [0.25, 0.3) is 6.08 Å². The van der Waals surface area contributed by atoms with Crippen molar-refractivity contribution in [2.45, 2.75) is 11.3 Å². The molecule has 0 spiro atoms. The molecule has 0 fully saturated rings. The Labute approximate surface area is 145 Å². The van der Waals surface area contributed by atoms with Crippen molar-refractivity contribution in [3.8, 4) is 0 Å². The SMILES string of the molecule is O=C(O)/C=C/c1ccc(CCNS(=O)(=O)c2ccc(Cl)cc2)cc1. The van der Waals surface area contributed by atoms with Gasteiger partial charge in [0.25, 0.3) is 0 Å². The van der Waals surface area contributed by atoms with Crippen LogP contribution in [0.3, 0.4) is 0 Å². The maximum absolute atomic E-state index is 12.1. The molecule has 0 saturated heterocycles. The van der Waals surface area contributed by atoms with Gasteiger partial charge in [0, 0.05) is 17.6 Å². The monoisotopic (exact) mass is 365 g/mol. The van der Waals surface area contributed by atoms with Crippen molar-refractivity contribution in [3.63, 3.8) is 0 Å². The summed E-state index contributed by atoms with van der Waals surface area (Å²) in [5.41, 5.74) is 1.71. The molecule has 0 amide bonds. The maximum Gasteiger partial charge on any atom is 0.328 e. The Morgan fingerprint density at radius 2 is 1.71 bits per heavy atom. The summed E-state index contributed by atoms with van der Waals surface area (Å²) in [6.45, 7) is 0.259. The minimum atomic E-state index is -3.56. The van der Waals surface area contributed by atoms with Crippen molar-refractivity contribution >= 4 is 33.7 Å². The second kappa shape index (κ2) is 8.10. The summed E-state index contributed by atoms with van der Waals surface area (Å²) in [7, 11) is -3.56. The van der Waals surface area contributed by atoms with Crippen molar-refractivity contribution in [2.75, 3.05) is 6.54 Å². The Morgan fingerprint density at radius 1 is 1.08 bits per heavy atom. The van der Waals surface area contributed by atoms with Gasteiger partial charge in [-0.1, -0.05) is 35.9 Å². The van der Waals surface area contributed by atoms with E-state index in [2.05, 4.69) is 4.72 Å². The third-order valence-corrected chi connectivity index (χ3v) is 4.96. The molecule has 7 heteroatoms. The third kappa shape index (κ3) is 5.49. The Kier molecular flexibility index (Phi) is 6.14. The molecule has 0 radical (unpaired) electrons. The largest absolute Gasteiger partial charge is 0.478 e. The molecule has 5 nitrogen and oxygen atoms in total. The van der Waals surface area contributed by atoms with Crippen molar-refractivity contribution < 1.29 is 18.3 Å². The van der Waals surface area contributed by atoms with Gasteiger partial charge in [0.05, 0.1) is 4.90 Å². The van der Waals surface area contributed by atoms with Gasteiger partial charge in [-0.15, -0.1) is 0 Å². The van der Waals surface area contributed by atoms with Gasteiger partial charge in [0.1, 0.15) is 0 Å². The highest BCUT2D eigenvalue weighted by atomic mass is 35.5. The second-order valence-corrected chi connectivity index (χ2v) is 7.22. The number of carboxylic acids is 1. The standard InChI is InChI=1S/C17H16ClNO4S/c18-15-6-8-16(9-7-15)24(22,23)19-12-11-14-3-1-13(2-4-14)5-10-17(20)21/h1-10,19H,11-12H2,(H,20,21)/b10-5+. The van der Waals surface area contributed by atoms with Gasteiger partial charge in [-0.2, -0.15) is 0 Å². The first-order valence-electron chi connectivity index (χ1n) is 7.12. The fourth-order valence-electron chi connectivity index (χ4n) is 1.99. The molecule has 0 atom stereocenters. The van der Waals surface area contributed by atoms with Crippen molar-refractivity contribution in [3.05, 3.63) is 70.8 Å². The predicted octanol–water partition coefficient (Wildman–Crippen LogP) is 2.96. The molecule has 0 bridgehead atoms. The molecule has 0 aliphatic rings. The molecule has 0 heterocycles. The number of benzene rings is 2. The number of halogens is 1. The number of hydrogen-bond donors (Lipinski definition) is 2. The third-order valence-electron chi connectivity index (χ3n) is 3.23. The average Bonchev–Trinajstić information content (AvgIpc) is 2.54. The summed E-state index contributed by atoms with van der Waals surface area (Å²) in [4.78, 5) is 10.6. The van der Waals surface area contributed by atoms with Gasteiger partial charge in [-0.3, -0.25) is 0 Å². The molecule has 2 aromatic rings. The summed E-state index contributed by atoms with van der Waals surface area (Å²) < 4.78 is 26.8. The van der Waals surface area contributed by atoms with E-state index in [-0.39, 0.29) is 11.4 Å². The van der Waals surface area contributed by atoms with Gasteiger partial charge in [0.2, 0.25) is 10.0 Å². The molecule has 0 aliphatic heterocycles. The zero-order valence-corrected chi connectivity index (χ0v) is 14.2. The highest BCUT2D eigenvalue weighted by molar-refractivity contribution is 7.89. The first-order valence-corrected chi connectivity index (χ1v) is 8.98. The molecule has 24 heavy (non-hydrogen) atoms. The lowest BCUT2D eigenvalue weighted by Crippen LogP contribution is -2.25. The first-order chi connectivity index (χ1) is 11.4. The first kappa shape index (κ1) is 18.2. The van der Waals surface area contributed by atoms with E-state index in [0.29, 0.717) is 11.4 Å². The van der Waals surface area contributed by atoms with Gasteiger partial charge in [0.15, 0.2) is 0 Å². The number of sulfonamides is 1. The minimum absolute atomic E-state index is 0.168. The van der Waals surface area contributed by atoms with Crippen molar-refractivity contribution in [1.29, 1.82) is 0 Å². The molecule has 2 aromatic carbocycles. The number of carboxylic acid groups (broad SMARTS) is 1. The van der Waals surface area contributed by atoms with E-state index < -0.39 is 16.0 Å². The molecular formula is C17H16ClNO4S. The van der Waals surface area contributed by atoms with Crippen LogP contribution in [0, 0.1) is 0 Å². The Bertz CT molecular complexity index is 828. The van der Waals surface area contributed by atoms with E-state index in [4.69, 9.17) is 16.7 Å². The lowest BCUT2D eigenvalue weighted by Gasteiger charge is -2.07. The molecule has 2 rings (SSSR count). The average molecular weight is 366 g/mol. The summed E-state index contributed by atoms with van der Waals surface area (Å²) in [6.07, 6.45) is 3.08. The minimum Gasteiger partial charge on any atom is -0.478 e. The predicted molar refractivity (Wildman–Crippen MR) is 93.5 cm³/mol. The van der Waals surface area contributed by atoms with Crippen LogP contribution in [0.15, 0.2) is 59.5 Å². The van der Waals surface area contributed by atoms with Crippen LogP contribution < -0.4 is 4.72 Å². The highest BCUT2D eigenvalue weighted by Crippen LogP contribution is 2.14. The molecule has 0 unspecified atom stereocenters. The van der Waals surface area contributed by atoms with Crippen molar-refractivity contribution in [2.24, 2.45) is 0 Å². The Balaban J connectivity index is 1.91. The lowest BCUT2D eigenvalue weighted by atomic mass is 10.1. The van der Waals surface area contributed by atoms with E-state index in [0.717, 1.165) is 17.2 Å². The van der Waals surface area contributed by atoms with Crippen LogP contribution in [0.1, 0.15) is 11.1 Å². The zero-order chi connectivity index (χ0) is 17.6. The Morgan fingerprint density at radius 3 is 2.29 bits per heavy atom. The van der Waals surface area contributed by atoms with E-state index in [1.165, 1.54) is 30.3 Å². The van der Waals surface area contributed by atoms with Gasteiger partial charge >= 0.3 is 5.97 Å². The molecule has 0 aliphatic carbocycles. The van der Waals surface area contributed by atoms with E-state index in [9.17, 15) is 13.2 Å². The van der Waals surface area contributed by atoms with Crippen molar-refractivity contribution in [1.82, 2.24) is 4.72 Å². The molecule has 0 aromatic heterocycles. The zero-order valence-electron chi connectivity index (χ0n) is 12.6. The quantitative estimate of drug-likeness (QED) is 0.739. The fraction of sp³-hybridized carbons (Fsp3) is 0.118. The number of aliphatic carboxylic acids is 1. The van der Waals surface area contributed by atoms with Gasteiger partial charge < -0.3 is 5.11 Å². The molecule has 2 N–H and O–H groups in total. The highest BCUT2D eigenvalue weighted by Gasteiger charge is 2.12. The normalized spacial score (nSPS) is 11.7. The molecule has 0 saturated carbocycles. The summed E-state index contributed by atoms with van der Waals surface area (Å²) in [5, 5.41) is 9.05. The second-order valence-electron chi connectivity index (χ2n) is 5.01. The topological polar surface area (TPSA) is 83.5 Å². The number of rotatable bonds is 7.